The number of halogens is 5. The monoisotopic (exact) mass is 528 g/mol. The highest BCUT2D eigenvalue weighted by Crippen LogP contribution is 2.32. The fourth-order valence-electron chi connectivity index (χ4n) is 4.35. The second-order valence-corrected chi connectivity index (χ2v) is 8.99. The normalized spacial score (nSPS) is 14.2. The van der Waals surface area contributed by atoms with E-state index in [0.29, 0.717) is 29.5 Å². The third-order valence-corrected chi connectivity index (χ3v) is 6.58. The molecule has 5 rings (SSSR count). The van der Waals surface area contributed by atoms with Crippen LogP contribution < -0.4 is 4.90 Å². The minimum Gasteiger partial charge on any atom is -0.368 e. The van der Waals surface area contributed by atoms with Crippen molar-refractivity contribution in [2.24, 2.45) is 0 Å². The van der Waals surface area contributed by atoms with Crippen molar-refractivity contribution >= 4 is 23.2 Å². The Morgan fingerprint density at radius 2 is 1.57 bits per heavy atom. The Morgan fingerprint density at radius 3 is 2.27 bits per heavy atom. The van der Waals surface area contributed by atoms with Crippen molar-refractivity contribution < 1.29 is 22.4 Å². The van der Waals surface area contributed by atoms with E-state index in [0.717, 1.165) is 12.1 Å². The van der Waals surface area contributed by atoms with E-state index >= 15 is 0 Å². The number of aromatic nitrogens is 2. The van der Waals surface area contributed by atoms with E-state index in [1.54, 1.807) is 53.4 Å². The quantitative estimate of drug-likeness (QED) is 0.291. The van der Waals surface area contributed by atoms with Gasteiger partial charge in [-0.3, -0.25) is 4.79 Å². The maximum absolute atomic E-state index is 14.5. The highest BCUT2D eigenvalue weighted by molar-refractivity contribution is 6.32. The third kappa shape index (κ3) is 5.04. The van der Waals surface area contributed by atoms with E-state index in [9.17, 15) is 22.4 Å². The summed E-state index contributed by atoms with van der Waals surface area (Å²) in [5.74, 6) is -0.807. The van der Waals surface area contributed by atoms with Crippen molar-refractivity contribution in [3.8, 4) is 16.9 Å². The number of rotatable bonds is 4. The number of hydrogen-bond acceptors (Lipinski definition) is 3. The Kier molecular flexibility index (Phi) is 6.64. The van der Waals surface area contributed by atoms with Crippen LogP contribution in [-0.4, -0.2) is 46.8 Å². The van der Waals surface area contributed by atoms with Crippen LogP contribution in [0.1, 0.15) is 16.1 Å². The Bertz CT molecular complexity index is 1440. The van der Waals surface area contributed by atoms with Gasteiger partial charge in [0.2, 0.25) is 0 Å². The molecule has 2 heterocycles. The highest BCUT2D eigenvalue weighted by atomic mass is 35.5. The maximum atomic E-state index is 14.5. The van der Waals surface area contributed by atoms with Crippen LogP contribution in [0.25, 0.3) is 16.9 Å². The summed E-state index contributed by atoms with van der Waals surface area (Å²) in [5.41, 5.74) is 0.940. The number of amides is 1. The van der Waals surface area contributed by atoms with Gasteiger partial charge in [-0.25, -0.2) is 9.07 Å². The number of carbonyl (C=O) groups is 1. The van der Waals surface area contributed by atoms with Crippen LogP contribution in [0.4, 0.5) is 23.2 Å². The van der Waals surface area contributed by atoms with Gasteiger partial charge in [0.05, 0.1) is 22.0 Å². The first kappa shape index (κ1) is 24.8. The molecule has 37 heavy (non-hydrogen) atoms. The molecule has 1 aliphatic rings. The second-order valence-electron chi connectivity index (χ2n) is 8.59. The van der Waals surface area contributed by atoms with E-state index in [4.69, 9.17) is 11.6 Å². The van der Waals surface area contributed by atoms with E-state index < -0.39 is 17.6 Å². The number of hydrogen-bond donors (Lipinski definition) is 0. The Balaban J connectivity index is 1.42. The molecular weight excluding hydrogens is 508 g/mol. The van der Waals surface area contributed by atoms with E-state index in [1.165, 1.54) is 22.9 Å². The number of piperazine rings is 1. The average molecular weight is 529 g/mol. The molecule has 0 unspecified atom stereocenters. The van der Waals surface area contributed by atoms with Gasteiger partial charge in [0.15, 0.2) is 0 Å². The molecule has 0 bridgehead atoms. The summed E-state index contributed by atoms with van der Waals surface area (Å²) in [5, 5.41) is 4.88. The zero-order valence-electron chi connectivity index (χ0n) is 19.4. The lowest BCUT2D eigenvalue weighted by Crippen LogP contribution is -2.49. The molecule has 0 spiro atoms. The molecule has 1 aromatic heterocycles. The van der Waals surface area contributed by atoms with Gasteiger partial charge >= 0.3 is 6.18 Å². The molecular formula is C27H21ClF4N4O. The predicted octanol–water partition coefficient (Wildman–Crippen LogP) is 6.31. The zero-order chi connectivity index (χ0) is 26.2. The van der Waals surface area contributed by atoms with Crippen molar-refractivity contribution in [2.45, 2.75) is 6.18 Å². The SMILES string of the molecule is O=C(c1cc(-c2ccccc2F)nn1-c1ccccc1Cl)N1CCN(c2cccc(C(F)(F)F)c2)CC1. The van der Waals surface area contributed by atoms with Gasteiger partial charge in [-0.1, -0.05) is 41.9 Å². The summed E-state index contributed by atoms with van der Waals surface area (Å²) in [6.07, 6.45) is -4.43. The summed E-state index contributed by atoms with van der Waals surface area (Å²) in [6, 6.07) is 19.7. The standard InChI is InChI=1S/C27H21ClF4N4O/c28-21-9-2-4-11-24(21)36-25(17-23(33-36)20-8-1-3-10-22(20)29)26(37)35-14-12-34(13-15-35)19-7-5-6-18(16-19)27(30,31)32/h1-11,16-17H,12-15H2. The number of alkyl halides is 3. The molecule has 5 nitrogen and oxygen atoms in total. The van der Waals surface area contributed by atoms with E-state index in [2.05, 4.69) is 5.10 Å². The smallest absolute Gasteiger partial charge is 0.368 e. The summed E-state index contributed by atoms with van der Waals surface area (Å²) >= 11 is 6.39. The first-order valence-corrected chi connectivity index (χ1v) is 11.9. The number of para-hydroxylation sites is 1. The number of carbonyl (C=O) groups excluding carboxylic acids is 1. The fourth-order valence-corrected chi connectivity index (χ4v) is 4.57. The van der Waals surface area contributed by atoms with Gasteiger partial charge in [0, 0.05) is 37.4 Å². The van der Waals surface area contributed by atoms with Crippen LogP contribution in [-0.2, 0) is 6.18 Å². The molecule has 1 saturated heterocycles. The molecule has 1 fully saturated rings. The largest absolute Gasteiger partial charge is 0.416 e. The molecule has 4 aromatic rings. The first-order chi connectivity index (χ1) is 17.7. The summed E-state index contributed by atoms with van der Waals surface area (Å²) in [6.45, 7) is 1.29. The van der Waals surface area contributed by atoms with Crippen molar-refractivity contribution in [1.29, 1.82) is 0 Å². The number of anilines is 1. The second kappa shape index (κ2) is 9.89. The lowest BCUT2D eigenvalue weighted by Gasteiger charge is -2.36. The lowest BCUT2D eigenvalue weighted by molar-refractivity contribution is -0.137. The predicted molar refractivity (Wildman–Crippen MR) is 134 cm³/mol. The zero-order valence-corrected chi connectivity index (χ0v) is 20.2. The van der Waals surface area contributed by atoms with E-state index in [1.807, 2.05) is 4.90 Å². The van der Waals surface area contributed by atoms with Crippen LogP contribution >= 0.6 is 11.6 Å². The Hall–Kier alpha value is -3.85. The molecule has 10 heteroatoms. The van der Waals surface area contributed by atoms with Crippen molar-refractivity contribution in [1.82, 2.24) is 14.7 Å². The highest BCUT2D eigenvalue weighted by Gasteiger charge is 2.32. The topological polar surface area (TPSA) is 41.4 Å². The lowest BCUT2D eigenvalue weighted by atomic mass is 10.1. The molecule has 3 aromatic carbocycles. The van der Waals surface area contributed by atoms with Crippen LogP contribution in [0, 0.1) is 5.82 Å². The van der Waals surface area contributed by atoms with Gasteiger partial charge in [-0.2, -0.15) is 18.3 Å². The van der Waals surface area contributed by atoms with Gasteiger partial charge in [-0.05, 0) is 48.5 Å². The minimum atomic E-state index is -4.43. The molecule has 0 N–H and O–H groups in total. The molecule has 0 atom stereocenters. The summed E-state index contributed by atoms with van der Waals surface area (Å²) in [7, 11) is 0. The molecule has 190 valence electrons. The van der Waals surface area contributed by atoms with Crippen LogP contribution in [0.15, 0.2) is 78.9 Å². The Morgan fingerprint density at radius 1 is 0.865 bits per heavy atom. The Labute approximate surface area is 215 Å². The molecule has 0 aliphatic carbocycles. The first-order valence-electron chi connectivity index (χ1n) is 11.5. The van der Waals surface area contributed by atoms with Crippen molar-refractivity contribution in [2.75, 3.05) is 31.1 Å². The van der Waals surface area contributed by atoms with Gasteiger partial charge in [0.25, 0.3) is 5.91 Å². The summed E-state index contributed by atoms with van der Waals surface area (Å²) < 4.78 is 55.3. The van der Waals surface area contributed by atoms with Gasteiger partial charge in [-0.15, -0.1) is 0 Å². The number of nitrogens with zero attached hydrogens (tertiary/aromatic N) is 4. The fraction of sp³-hybridized carbons (Fsp3) is 0.185. The van der Waals surface area contributed by atoms with Crippen LogP contribution in [0.2, 0.25) is 5.02 Å². The molecule has 1 aliphatic heterocycles. The maximum Gasteiger partial charge on any atom is 0.416 e. The summed E-state index contributed by atoms with van der Waals surface area (Å²) in [4.78, 5) is 17.0. The third-order valence-electron chi connectivity index (χ3n) is 6.26. The van der Waals surface area contributed by atoms with Gasteiger partial charge in [0.1, 0.15) is 11.5 Å². The minimum absolute atomic E-state index is 0.207. The molecule has 0 saturated carbocycles. The van der Waals surface area contributed by atoms with E-state index in [-0.39, 0.29) is 35.9 Å². The van der Waals surface area contributed by atoms with Crippen LogP contribution in [0.3, 0.4) is 0 Å². The van der Waals surface area contributed by atoms with Gasteiger partial charge < -0.3 is 9.80 Å². The molecule has 1 amide bonds. The number of benzene rings is 3. The van der Waals surface area contributed by atoms with Crippen molar-refractivity contribution in [3.63, 3.8) is 0 Å². The molecule has 0 radical (unpaired) electrons. The van der Waals surface area contributed by atoms with Crippen molar-refractivity contribution in [3.05, 3.63) is 101 Å². The average Bonchev–Trinajstić information content (AvgIpc) is 3.33. The van der Waals surface area contributed by atoms with Crippen LogP contribution in [0.5, 0.6) is 0 Å².